The van der Waals surface area contributed by atoms with Crippen LogP contribution in [0.5, 0.6) is 11.5 Å². The second-order valence-corrected chi connectivity index (χ2v) is 5.81. The lowest BCUT2D eigenvalue weighted by Crippen LogP contribution is -2.27. The van der Waals surface area contributed by atoms with E-state index in [0.717, 1.165) is 57.3 Å². The van der Waals surface area contributed by atoms with E-state index in [1.165, 1.54) is 0 Å². The molecule has 0 spiro atoms. The summed E-state index contributed by atoms with van der Waals surface area (Å²) in [6.07, 6.45) is 5.90. The van der Waals surface area contributed by atoms with Crippen LogP contribution in [0.2, 0.25) is 0 Å². The van der Waals surface area contributed by atoms with Crippen LogP contribution in [0.4, 0.5) is 0 Å². The van der Waals surface area contributed by atoms with Crippen molar-refractivity contribution >= 4 is 0 Å². The first-order valence-corrected chi connectivity index (χ1v) is 8.24. The summed E-state index contributed by atoms with van der Waals surface area (Å²) in [5, 5.41) is 0. The molecule has 0 aliphatic carbocycles. The first-order valence-electron chi connectivity index (χ1n) is 8.24. The number of hydrogen-bond acceptors (Lipinski definition) is 5. The van der Waals surface area contributed by atoms with Crippen LogP contribution in [0.15, 0.2) is 18.2 Å². The second kappa shape index (κ2) is 7.81. The van der Waals surface area contributed by atoms with Gasteiger partial charge in [-0.15, -0.1) is 0 Å². The average molecular weight is 307 g/mol. The second-order valence-electron chi connectivity index (χ2n) is 5.81. The molecule has 5 heteroatoms. The zero-order chi connectivity index (χ0) is 15.2. The standard InChI is InChI=1S/C17H25NO4/c18-12-13-7-8-14(21-16-5-1-3-9-19-16)15(11-13)22-17-6-2-4-10-20-17/h7-8,11,16-17H,1-6,9-10,12,18H2. The van der Waals surface area contributed by atoms with Crippen LogP contribution in [0.3, 0.4) is 0 Å². The van der Waals surface area contributed by atoms with Gasteiger partial charge in [0.05, 0.1) is 13.2 Å². The van der Waals surface area contributed by atoms with Crippen molar-refractivity contribution in [3.8, 4) is 11.5 Å². The molecule has 2 N–H and O–H groups in total. The summed E-state index contributed by atoms with van der Waals surface area (Å²) >= 11 is 0. The highest BCUT2D eigenvalue weighted by atomic mass is 16.7. The Bertz CT molecular complexity index is 468. The highest BCUT2D eigenvalue weighted by molar-refractivity contribution is 5.43. The van der Waals surface area contributed by atoms with Crippen molar-refractivity contribution in [1.82, 2.24) is 0 Å². The van der Waals surface area contributed by atoms with Gasteiger partial charge in [-0.3, -0.25) is 0 Å². The molecule has 22 heavy (non-hydrogen) atoms. The van der Waals surface area contributed by atoms with Crippen molar-refractivity contribution in [2.75, 3.05) is 13.2 Å². The maximum atomic E-state index is 6.01. The molecule has 0 bridgehead atoms. The summed E-state index contributed by atoms with van der Waals surface area (Å²) in [6.45, 7) is 1.98. The van der Waals surface area contributed by atoms with Gasteiger partial charge < -0.3 is 24.7 Å². The van der Waals surface area contributed by atoms with E-state index in [0.29, 0.717) is 18.0 Å². The molecule has 2 aliphatic rings. The molecule has 2 saturated heterocycles. The van der Waals surface area contributed by atoms with Crippen LogP contribution in [0, 0.1) is 0 Å². The molecule has 3 rings (SSSR count). The number of ether oxygens (including phenoxy) is 4. The molecule has 1 aromatic carbocycles. The van der Waals surface area contributed by atoms with Crippen LogP contribution in [0.1, 0.15) is 44.1 Å². The molecule has 2 aliphatic heterocycles. The molecular formula is C17H25NO4. The monoisotopic (exact) mass is 307 g/mol. The van der Waals surface area contributed by atoms with Gasteiger partial charge >= 0.3 is 0 Å². The predicted octanol–water partition coefficient (Wildman–Crippen LogP) is 2.96. The fourth-order valence-electron chi connectivity index (χ4n) is 2.76. The first kappa shape index (κ1) is 15.6. The van der Waals surface area contributed by atoms with Crippen LogP contribution in [0.25, 0.3) is 0 Å². The molecule has 0 radical (unpaired) electrons. The molecule has 2 fully saturated rings. The third kappa shape index (κ3) is 4.12. The van der Waals surface area contributed by atoms with Gasteiger partial charge in [0, 0.05) is 19.4 Å². The van der Waals surface area contributed by atoms with Crippen LogP contribution in [-0.2, 0) is 16.0 Å². The fraction of sp³-hybridized carbons (Fsp3) is 0.647. The highest BCUT2D eigenvalue weighted by Gasteiger charge is 2.21. The Morgan fingerprint density at radius 2 is 1.55 bits per heavy atom. The van der Waals surface area contributed by atoms with Crippen molar-refractivity contribution in [3.63, 3.8) is 0 Å². The fourth-order valence-corrected chi connectivity index (χ4v) is 2.76. The molecule has 122 valence electrons. The summed E-state index contributed by atoms with van der Waals surface area (Å²) < 4.78 is 23.3. The molecular weight excluding hydrogens is 282 g/mol. The Balaban J connectivity index is 1.71. The van der Waals surface area contributed by atoms with E-state index in [9.17, 15) is 0 Å². The number of rotatable bonds is 5. The van der Waals surface area contributed by atoms with Gasteiger partial charge in [-0.2, -0.15) is 0 Å². The van der Waals surface area contributed by atoms with Gasteiger partial charge in [0.1, 0.15) is 0 Å². The van der Waals surface area contributed by atoms with Gasteiger partial charge in [-0.05, 0) is 43.4 Å². The van der Waals surface area contributed by atoms with E-state index in [1.54, 1.807) is 0 Å². The lowest BCUT2D eigenvalue weighted by molar-refractivity contribution is -0.119. The van der Waals surface area contributed by atoms with E-state index in [-0.39, 0.29) is 12.6 Å². The smallest absolute Gasteiger partial charge is 0.200 e. The normalized spacial score (nSPS) is 25.7. The molecule has 1 aromatic rings. The molecule has 2 unspecified atom stereocenters. The van der Waals surface area contributed by atoms with Crippen LogP contribution in [-0.4, -0.2) is 25.8 Å². The lowest BCUT2D eigenvalue weighted by Gasteiger charge is -2.27. The molecule has 0 saturated carbocycles. The number of benzene rings is 1. The van der Waals surface area contributed by atoms with Crippen molar-refractivity contribution in [2.24, 2.45) is 5.73 Å². The van der Waals surface area contributed by atoms with E-state index < -0.39 is 0 Å². The quantitative estimate of drug-likeness (QED) is 0.906. The third-order valence-electron chi connectivity index (χ3n) is 4.04. The largest absolute Gasteiger partial charge is 0.461 e. The van der Waals surface area contributed by atoms with E-state index in [2.05, 4.69) is 0 Å². The Morgan fingerprint density at radius 3 is 2.09 bits per heavy atom. The predicted molar refractivity (Wildman–Crippen MR) is 82.8 cm³/mol. The molecule has 0 aromatic heterocycles. The zero-order valence-corrected chi connectivity index (χ0v) is 13.0. The molecule has 2 atom stereocenters. The SMILES string of the molecule is NCc1ccc(OC2CCCCO2)c(OC2CCCCO2)c1. The highest BCUT2D eigenvalue weighted by Crippen LogP contribution is 2.33. The van der Waals surface area contributed by atoms with Gasteiger partial charge in [0.25, 0.3) is 0 Å². The van der Waals surface area contributed by atoms with Gasteiger partial charge in [0.15, 0.2) is 24.1 Å². The van der Waals surface area contributed by atoms with Crippen molar-refractivity contribution in [1.29, 1.82) is 0 Å². The Labute approximate surface area is 131 Å². The Morgan fingerprint density at radius 1 is 0.909 bits per heavy atom. The lowest BCUT2D eigenvalue weighted by atomic mass is 10.2. The minimum absolute atomic E-state index is 0.188. The van der Waals surface area contributed by atoms with Crippen molar-refractivity contribution < 1.29 is 18.9 Å². The summed E-state index contributed by atoms with van der Waals surface area (Å²) in [5.41, 5.74) is 6.75. The minimum atomic E-state index is -0.198. The Hall–Kier alpha value is -1.30. The van der Waals surface area contributed by atoms with Gasteiger partial charge in [-0.1, -0.05) is 6.07 Å². The van der Waals surface area contributed by atoms with E-state index in [4.69, 9.17) is 24.7 Å². The summed E-state index contributed by atoms with van der Waals surface area (Å²) in [6, 6.07) is 5.82. The summed E-state index contributed by atoms with van der Waals surface area (Å²) in [5.74, 6) is 1.40. The topological polar surface area (TPSA) is 62.9 Å². The van der Waals surface area contributed by atoms with Gasteiger partial charge in [0.2, 0.25) is 0 Å². The minimum Gasteiger partial charge on any atom is -0.461 e. The maximum absolute atomic E-state index is 6.01. The van der Waals surface area contributed by atoms with Crippen LogP contribution < -0.4 is 15.2 Å². The molecule has 5 nitrogen and oxygen atoms in total. The van der Waals surface area contributed by atoms with E-state index >= 15 is 0 Å². The molecule has 2 heterocycles. The maximum Gasteiger partial charge on any atom is 0.200 e. The summed E-state index contributed by atoms with van der Waals surface area (Å²) in [7, 11) is 0. The van der Waals surface area contributed by atoms with Crippen LogP contribution >= 0.6 is 0 Å². The number of nitrogens with two attached hydrogens (primary N) is 1. The van der Waals surface area contributed by atoms with Crippen molar-refractivity contribution in [2.45, 2.75) is 57.6 Å². The molecule has 0 amide bonds. The number of hydrogen-bond donors (Lipinski definition) is 1. The Kier molecular flexibility index (Phi) is 5.53. The van der Waals surface area contributed by atoms with Crippen molar-refractivity contribution in [3.05, 3.63) is 23.8 Å². The first-order chi connectivity index (χ1) is 10.8. The van der Waals surface area contributed by atoms with E-state index in [1.807, 2.05) is 18.2 Å². The van der Waals surface area contributed by atoms with Gasteiger partial charge in [-0.25, -0.2) is 0 Å². The third-order valence-corrected chi connectivity index (χ3v) is 4.04. The zero-order valence-electron chi connectivity index (χ0n) is 13.0. The summed E-state index contributed by atoms with van der Waals surface area (Å²) in [4.78, 5) is 0. The average Bonchev–Trinajstić information content (AvgIpc) is 2.58.